The van der Waals surface area contributed by atoms with Crippen molar-refractivity contribution in [3.63, 3.8) is 0 Å². The van der Waals surface area contributed by atoms with Gasteiger partial charge in [0.05, 0.1) is 7.11 Å². The maximum absolute atomic E-state index is 12.3. The molecule has 136 valence electrons. The molecule has 0 N–H and O–H groups in total. The van der Waals surface area contributed by atoms with Crippen LogP contribution in [0.25, 0.3) is 0 Å². The third-order valence-corrected chi connectivity index (χ3v) is 4.54. The number of carbonyl (C=O) groups excluding carboxylic acids is 2. The molecule has 1 unspecified atom stereocenters. The van der Waals surface area contributed by atoms with Gasteiger partial charge in [-0.25, -0.2) is 9.59 Å². The van der Waals surface area contributed by atoms with E-state index in [9.17, 15) is 9.59 Å². The Morgan fingerprint density at radius 2 is 2.20 bits per heavy atom. The Labute approximate surface area is 149 Å². The molecule has 0 saturated carbocycles. The molecule has 0 fully saturated rings. The van der Waals surface area contributed by atoms with Gasteiger partial charge in [0.25, 0.3) is 0 Å². The first kappa shape index (κ1) is 19.0. The molecule has 0 bridgehead atoms. The number of aryl methyl sites for hydroxylation is 1. The number of ether oxygens (including phenoxy) is 2. The molecule has 1 aliphatic carbocycles. The molecule has 2 rings (SSSR count). The molecule has 5 heteroatoms. The zero-order valence-electron chi connectivity index (χ0n) is 15.3. The minimum Gasteiger partial charge on any atom is -0.466 e. The summed E-state index contributed by atoms with van der Waals surface area (Å²) >= 11 is 0. The largest absolute Gasteiger partial charge is 0.466 e. The lowest BCUT2D eigenvalue weighted by Crippen LogP contribution is -2.23. The number of hydrogen-bond acceptors (Lipinski definition) is 4. The highest BCUT2D eigenvalue weighted by molar-refractivity contribution is 5.87. The van der Waals surface area contributed by atoms with Crippen LogP contribution in [0.5, 0.6) is 0 Å². The van der Waals surface area contributed by atoms with Gasteiger partial charge >= 0.3 is 11.9 Å². The summed E-state index contributed by atoms with van der Waals surface area (Å²) in [5.74, 6) is -0.625. The second kappa shape index (κ2) is 9.25. The van der Waals surface area contributed by atoms with E-state index in [1.54, 1.807) is 10.6 Å². The van der Waals surface area contributed by atoms with E-state index in [2.05, 4.69) is 11.7 Å². The summed E-state index contributed by atoms with van der Waals surface area (Å²) in [4.78, 5) is 23.7. The average molecular weight is 345 g/mol. The Hall–Kier alpha value is -2.30. The molecule has 1 aromatic rings. The van der Waals surface area contributed by atoms with E-state index in [1.807, 2.05) is 25.4 Å². The van der Waals surface area contributed by atoms with E-state index in [4.69, 9.17) is 4.74 Å². The maximum atomic E-state index is 12.3. The Morgan fingerprint density at radius 1 is 1.40 bits per heavy atom. The number of esters is 2. The Bertz CT molecular complexity index is 669. The molecule has 0 spiro atoms. The van der Waals surface area contributed by atoms with Crippen LogP contribution in [0, 0.1) is 0 Å². The lowest BCUT2D eigenvalue weighted by Gasteiger charge is -2.26. The highest BCUT2D eigenvalue weighted by Crippen LogP contribution is 2.31. The maximum Gasteiger partial charge on any atom is 0.355 e. The number of methoxy groups -OCH3 is 1. The lowest BCUT2D eigenvalue weighted by atomic mass is 9.86. The predicted molar refractivity (Wildman–Crippen MR) is 96.2 cm³/mol. The van der Waals surface area contributed by atoms with Gasteiger partial charge in [-0.3, -0.25) is 0 Å². The molecule has 1 atom stereocenters. The van der Waals surface area contributed by atoms with Gasteiger partial charge in [-0.05, 0) is 43.4 Å². The standard InChI is InChI=1S/C20H27NO4/c1-4-5-7-16-14-17(11-9-15(16)10-12-19(22)24-3)25-20(23)18-8-6-13-21(18)2/h6,8,10,12-13,17H,4-5,7,9,11,14H2,1-3H3/b12-10+. The van der Waals surface area contributed by atoms with Crippen molar-refractivity contribution in [1.29, 1.82) is 0 Å². The fourth-order valence-corrected chi connectivity index (χ4v) is 3.08. The minimum absolute atomic E-state index is 0.107. The van der Waals surface area contributed by atoms with Gasteiger partial charge < -0.3 is 14.0 Å². The molecule has 0 radical (unpaired) electrons. The van der Waals surface area contributed by atoms with Gasteiger partial charge in [-0.15, -0.1) is 0 Å². The quantitative estimate of drug-likeness (QED) is 0.554. The fourth-order valence-electron chi connectivity index (χ4n) is 3.08. The zero-order valence-corrected chi connectivity index (χ0v) is 15.3. The molecule has 0 amide bonds. The third kappa shape index (κ3) is 5.34. The van der Waals surface area contributed by atoms with Crippen LogP contribution in [0.4, 0.5) is 0 Å². The van der Waals surface area contributed by atoms with Crippen molar-refractivity contribution in [2.45, 2.75) is 51.6 Å². The first-order valence-electron chi connectivity index (χ1n) is 8.84. The Morgan fingerprint density at radius 3 is 2.84 bits per heavy atom. The molecule has 5 nitrogen and oxygen atoms in total. The van der Waals surface area contributed by atoms with Crippen LogP contribution in [-0.4, -0.2) is 29.7 Å². The van der Waals surface area contributed by atoms with E-state index in [1.165, 1.54) is 24.3 Å². The van der Waals surface area contributed by atoms with Crippen LogP contribution in [0.1, 0.15) is 55.9 Å². The average Bonchev–Trinajstić information content (AvgIpc) is 3.04. The summed E-state index contributed by atoms with van der Waals surface area (Å²) in [6, 6.07) is 3.60. The minimum atomic E-state index is -0.348. The van der Waals surface area contributed by atoms with Gasteiger partial charge in [0.2, 0.25) is 0 Å². The molecule has 1 aromatic heterocycles. The molecule has 1 heterocycles. The monoisotopic (exact) mass is 345 g/mol. The van der Waals surface area contributed by atoms with Crippen LogP contribution < -0.4 is 0 Å². The molecule has 0 saturated heterocycles. The van der Waals surface area contributed by atoms with Crippen LogP contribution in [0.3, 0.4) is 0 Å². The molecule has 1 aliphatic rings. The normalized spacial score (nSPS) is 17.8. The second-order valence-corrected chi connectivity index (χ2v) is 6.36. The van der Waals surface area contributed by atoms with Crippen LogP contribution in [-0.2, 0) is 21.3 Å². The highest BCUT2D eigenvalue weighted by Gasteiger charge is 2.24. The van der Waals surface area contributed by atoms with Gasteiger partial charge in [0.15, 0.2) is 0 Å². The van der Waals surface area contributed by atoms with Gasteiger partial charge in [-0.1, -0.05) is 25.0 Å². The Balaban J connectivity index is 2.06. The number of rotatable bonds is 7. The van der Waals surface area contributed by atoms with Crippen molar-refractivity contribution in [3.05, 3.63) is 47.3 Å². The number of hydrogen-bond donors (Lipinski definition) is 0. The van der Waals surface area contributed by atoms with Crippen LogP contribution in [0.2, 0.25) is 0 Å². The summed E-state index contributed by atoms with van der Waals surface area (Å²) < 4.78 is 12.1. The molecule has 25 heavy (non-hydrogen) atoms. The summed E-state index contributed by atoms with van der Waals surface area (Å²) in [6.07, 6.45) is 10.5. The highest BCUT2D eigenvalue weighted by atomic mass is 16.5. The third-order valence-electron chi connectivity index (χ3n) is 4.54. The van der Waals surface area contributed by atoms with E-state index in [0.29, 0.717) is 5.69 Å². The van der Waals surface area contributed by atoms with Crippen molar-refractivity contribution in [3.8, 4) is 0 Å². The molecular formula is C20H27NO4. The van der Waals surface area contributed by atoms with Gasteiger partial charge in [0.1, 0.15) is 11.8 Å². The summed E-state index contributed by atoms with van der Waals surface area (Å²) in [5.41, 5.74) is 3.01. The van der Waals surface area contributed by atoms with E-state index in [0.717, 1.165) is 38.5 Å². The van der Waals surface area contributed by atoms with E-state index in [-0.39, 0.29) is 18.0 Å². The van der Waals surface area contributed by atoms with Crippen molar-refractivity contribution in [1.82, 2.24) is 4.57 Å². The summed E-state index contributed by atoms with van der Waals surface area (Å²) in [7, 11) is 3.21. The number of aromatic nitrogens is 1. The molecular weight excluding hydrogens is 318 g/mol. The summed E-state index contributed by atoms with van der Waals surface area (Å²) in [5, 5.41) is 0. The topological polar surface area (TPSA) is 57.5 Å². The number of carbonyl (C=O) groups is 2. The SMILES string of the molecule is CCCCC1=C(/C=C/C(=O)OC)CCC(OC(=O)c2cccn2C)C1. The number of nitrogens with zero attached hydrogens (tertiary/aromatic N) is 1. The van der Waals surface area contributed by atoms with Gasteiger partial charge in [-0.2, -0.15) is 0 Å². The van der Waals surface area contributed by atoms with E-state index < -0.39 is 0 Å². The van der Waals surface area contributed by atoms with Crippen molar-refractivity contribution >= 4 is 11.9 Å². The predicted octanol–water partition coefficient (Wildman–Crippen LogP) is 3.95. The number of unbranched alkanes of at least 4 members (excludes halogenated alkanes) is 1. The lowest BCUT2D eigenvalue weighted by molar-refractivity contribution is -0.134. The smallest absolute Gasteiger partial charge is 0.355 e. The first-order chi connectivity index (χ1) is 12.0. The summed E-state index contributed by atoms with van der Waals surface area (Å²) in [6.45, 7) is 2.15. The fraction of sp³-hybridized carbons (Fsp3) is 0.500. The molecule has 0 aliphatic heterocycles. The number of allylic oxidation sites excluding steroid dienone is 2. The van der Waals surface area contributed by atoms with Crippen molar-refractivity contribution in [2.24, 2.45) is 7.05 Å². The first-order valence-corrected chi connectivity index (χ1v) is 8.84. The van der Waals surface area contributed by atoms with Gasteiger partial charge in [0, 0.05) is 25.7 Å². The zero-order chi connectivity index (χ0) is 18.2. The van der Waals surface area contributed by atoms with E-state index >= 15 is 0 Å². The second-order valence-electron chi connectivity index (χ2n) is 6.36. The van der Waals surface area contributed by atoms with Crippen LogP contribution in [0.15, 0.2) is 41.6 Å². The van der Waals surface area contributed by atoms with Crippen molar-refractivity contribution in [2.75, 3.05) is 7.11 Å². The van der Waals surface area contributed by atoms with Crippen LogP contribution >= 0.6 is 0 Å². The van der Waals surface area contributed by atoms with Crippen molar-refractivity contribution < 1.29 is 19.1 Å². The molecule has 0 aromatic carbocycles. The Kier molecular flexibility index (Phi) is 7.04.